The normalized spacial score (nSPS) is 12.6. The summed E-state index contributed by atoms with van der Waals surface area (Å²) in [6, 6.07) is 9.65. The summed E-state index contributed by atoms with van der Waals surface area (Å²) in [4.78, 5) is 0. The first-order valence-electron chi connectivity index (χ1n) is 6.35. The van der Waals surface area contributed by atoms with E-state index in [2.05, 4.69) is 5.32 Å². The van der Waals surface area contributed by atoms with E-state index in [0.29, 0.717) is 13.2 Å². The first kappa shape index (κ1) is 15.1. The fourth-order valence-electron chi connectivity index (χ4n) is 1.58. The minimum Gasteiger partial charge on any atom is -0.387 e. The van der Waals surface area contributed by atoms with Crippen molar-refractivity contribution in [3.8, 4) is 0 Å². The summed E-state index contributed by atoms with van der Waals surface area (Å²) in [5, 5.41) is 13.0. The van der Waals surface area contributed by atoms with Crippen LogP contribution < -0.4 is 5.32 Å². The molecule has 0 aromatic heterocycles. The zero-order chi connectivity index (χ0) is 13.1. The van der Waals surface area contributed by atoms with Crippen molar-refractivity contribution in [1.29, 1.82) is 0 Å². The molecule has 4 heteroatoms. The Hall–Kier alpha value is -0.940. The highest BCUT2D eigenvalue weighted by molar-refractivity contribution is 5.17. The monoisotopic (exact) mass is 253 g/mol. The number of hydrogen-bond acceptors (Lipinski definition) is 4. The molecule has 0 aliphatic carbocycles. The van der Waals surface area contributed by atoms with Gasteiger partial charge in [-0.25, -0.2) is 0 Å². The predicted octanol–water partition coefficient (Wildman–Crippen LogP) is 1.36. The van der Waals surface area contributed by atoms with Crippen LogP contribution in [0.5, 0.6) is 0 Å². The summed E-state index contributed by atoms with van der Waals surface area (Å²) in [5.41, 5.74) is 0.936. The Morgan fingerprint density at radius 2 is 1.94 bits per heavy atom. The van der Waals surface area contributed by atoms with E-state index in [1.54, 1.807) is 7.11 Å². The molecule has 1 aromatic rings. The molecule has 0 heterocycles. The van der Waals surface area contributed by atoms with Gasteiger partial charge in [-0.1, -0.05) is 30.3 Å². The lowest BCUT2D eigenvalue weighted by Gasteiger charge is -2.12. The van der Waals surface area contributed by atoms with E-state index in [9.17, 15) is 5.11 Å². The van der Waals surface area contributed by atoms with Crippen LogP contribution in [0.15, 0.2) is 30.3 Å². The van der Waals surface area contributed by atoms with Crippen molar-refractivity contribution in [3.63, 3.8) is 0 Å². The first-order chi connectivity index (χ1) is 8.84. The van der Waals surface area contributed by atoms with Crippen molar-refractivity contribution in [2.75, 3.05) is 40.0 Å². The molecular formula is C14H23NO3. The molecule has 4 nitrogen and oxygen atoms in total. The van der Waals surface area contributed by atoms with Crippen molar-refractivity contribution in [2.24, 2.45) is 0 Å². The summed E-state index contributed by atoms with van der Waals surface area (Å²) in [6.07, 6.45) is 0.461. The number of aliphatic hydroxyl groups excluding tert-OH is 1. The molecule has 1 atom stereocenters. The van der Waals surface area contributed by atoms with Gasteiger partial charge in [0.15, 0.2) is 0 Å². The summed E-state index contributed by atoms with van der Waals surface area (Å²) in [7, 11) is 1.69. The molecule has 0 amide bonds. The molecule has 0 saturated heterocycles. The van der Waals surface area contributed by atoms with E-state index < -0.39 is 6.10 Å². The van der Waals surface area contributed by atoms with Gasteiger partial charge in [-0.15, -0.1) is 0 Å². The highest BCUT2D eigenvalue weighted by Gasteiger charge is 2.05. The van der Waals surface area contributed by atoms with Crippen molar-refractivity contribution in [1.82, 2.24) is 5.32 Å². The lowest BCUT2D eigenvalue weighted by Crippen LogP contribution is -2.25. The fourth-order valence-corrected chi connectivity index (χ4v) is 1.58. The van der Waals surface area contributed by atoms with Gasteiger partial charge in [0.25, 0.3) is 0 Å². The third kappa shape index (κ3) is 6.71. The molecule has 0 aliphatic rings. The van der Waals surface area contributed by atoms with E-state index in [4.69, 9.17) is 9.47 Å². The standard InChI is InChI=1S/C14H23NO3/c1-17-9-5-10-18-11-8-15-12-14(16)13-6-3-2-4-7-13/h2-4,6-7,14-16H,5,8-12H2,1H3. The minimum atomic E-state index is -0.459. The topological polar surface area (TPSA) is 50.7 Å². The van der Waals surface area contributed by atoms with Crippen molar-refractivity contribution >= 4 is 0 Å². The van der Waals surface area contributed by atoms with Gasteiger partial charge in [0.2, 0.25) is 0 Å². The van der Waals surface area contributed by atoms with Crippen LogP contribution in [0.25, 0.3) is 0 Å². The van der Waals surface area contributed by atoms with E-state index in [0.717, 1.165) is 31.7 Å². The second kappa shape index (κ2) is 10.0. The van der Waals surface area contributed by atoms with Gasteiger partial charge in [-0.2, -0.15) is 0 Å². The zero-order valence-corrected chi connectivity index (χ0v) is 11.0. The second-order valence-electron chi connectivity index (χ2n) is 4.09. The Balaban J connectivity index is 1.98. The maximum atomic E-state index is 9.87. The van der Waals surface area contributed by atoms with Gasteiger partial charge in [-0.05, 0) is 12.0 Å². The smallest absolute Gasteiger partial charge is 0.0914 e. The van der Waals surface area contributed by atoms with E-state index >= 15 is 0 Å². The highest BCUT2D eigenvalue weighted by atomic mass is 16.5. The van der Waals surface area contributed by atoms with Gasteiger partial charge >= 0.3 is 0 Å². The molecule has 2 N–H and O–H groups in total. The van der Waals surface area contributed by atoms with Gasteiger partial charge in [0.1, 0.15) is 0 Å². The zero-order valence-electron chi connectivity index (χ0n) is 11.0. The maximum absolute atomic E-state index is 9.87. The van der Waals surface area contributed by atoms with Gasteiger partial charge in [0.05, 0.1) is 12.7 Å². The third-order valence-corrected chi connectivity index (χ3v) is 2.58. The van der Waals surface area contributed by atoms with Crippen LogP contribution in [-0.4, -0.2) is 45.1 Å². The van der Waals surface area contributed by atoms with Crippen LogP contribution in [0, 0.1) is 0 Å². The molecule has 0 saturated carbocycles. The second-order valence-corrected chi connectivity index (χ2v) is 4.09. The Kier molecular flexibility index (Phi) is 8.42. The molecule has 1 aromatic carbocycles. The van der Waals surface area contributed by atoms with Crippen LogP contribution in [0.3, 0.4) is 0 Å². The van der Waals surface area contributed by atoms with E-state index in [1.807, 2.05) is 30.3 Å². The molecule has 18 heavy (non-hydrogen) atoms. The molecule has 0 aliphatic heterocycles. The number of hydrogen-bond donors (Lipinski definition) is 2. The highest BCUT2D eigenvalue weighted by Crippen LogP contribution is 2.10. The summed E-state index contributed by atoms with van der Waals surface area (Å²) >= 11 is 0. The number of benzene rings is 1. The molecule has 0 bridgehead atoms. The van der Waals surface area contributed by atoms with Crippen LogP contribution >= 0.6 is 0 Å². The Bertz CT molecular complexity index is 292. The molecule has 0 radical (unpaired) electrons. The molecule has 0 spiro atoms. The lowest BCUT2D eigenvalue weighted by atomic mass is 10.1. The summed E-state index contributed by atoms with van der Waals surface area (Å²) in [5.74, 6) is 0. The van der Waals surface area contributed by atoms with Crippen molar-refractivity contribution < 1.29 is 14.6 Å². The molecule has 1 rings (SSSR count). The quantitative estimate of drug-likeness (QED) is 0.618. The van der Waals surface area contributed by atoms with Gasteiger partial charge < -0.3 is 19.9 Å². The van der Waals surface area contributed by atoms with Crippen LogP contribution in [0.4, 0.5) is 0 Å². The average Bonchev–Trinajstić information content (AvgIpc) is 2.42. The van der Waals surface area contributed by atoms with Gasteiger partial charge in [-0.3, -0.25) is 0 Å². The SMILES string of the molecule is COCCCOCCNCC(O)c1ccccc1. The number of ether oxygens (including phenoxy) is 2. The third-order valence-electron chi connectivity index (χ3n) is 2.58. The van der Waals surface area contributed by atoms with Crippen LogP contribution in [-0.2, 0) is 9.47 Å². The molecular weight excluding hydrogens is 230 g/mol. The number of rotatable bonds is 10. The average molecular weight is 253 g/mol. The fraction of sp³-hybridized carbons (Fsp3) is 0.571. The van der Waals surface area contributed by atoms with Crippen molar-refractivity contribution in [3.05, 3.63) is 35.9 Å². The van der Waals surface area contributed by atoms with E-state index in [1.165, 1.54) is 0 Å². The van der Waals surface area contributed by atoms with E-state index in [-0.39, 0.29) is 0 Å². The van der Waals surface area contributed by atoms with Crippen LogP contribution in [0.1, 0.15) is 18.1 Å². The van der Waals surface area contributed by atoms with Gasteiger partial charge in [0, 0.05) is 33.4 Å². The number of aliphatic hydroxyl groups is 1. The van der Waals surface area contributed by atoms with Crippen LogP contribution in [0.2, 0.25) is 0 Å². The summed E-state index contributed by atoms with van der Waals surface area (Å²) in [6.45, 7) is 3.41. The maximum Gasteiger partial charge on any atom is 0.0914 e. The van der Waals surface area contributed by atoms with Crippen molar-refractivity contribution in [2.45, 2.75) is 12.5 Å². The molecule has 0 fully saturated rings. The number of methoxy groups -OCH3 is 1. The summed E-state index contributed by atoms with van der Waals surface area (Å²) < 4.78 is 10.3. The minimum absolute atomic E-state index is 0.459. The first-order valence-corrected chi connectivity index (χ1v) is 6.35. The Morgan fingerprint density at radius 3 is 2.67 bits per heavy atom. The lowest BCUT2D eigenvalue weighted by molar-refractivity contribution is 0.101. The number of nitrogens with one attached hydrogen (secondary N) is 1. The Labute approximate surface area is 109 Å². The predicted molar refractivity (Wildman–Crippen MR) is 71.6 cm³/mol. The largest absolute Gasteiger partial charge is 0.387 e. The molecule has 1 unspecified atom stereocenters. The molecule has 102 valence electrons. The Morgan fingerprint density at radius 1 is 1.17 bits per heavy atom.